The van der Waals surface area contributed by atoms with Crippen LogP contribution in [-0.4, -0.2) is 62.6 Å². The van der Waals surface area contributed by atoms with Crippen LogP contribution in [0.4, 0.5) is 11.4 Å². The zero-order valence-electron chi connectivity index (χ0n) is 12.2. The van der Waals surface area contributed by atoms with E-state index < -0.39 is 0 Å². The molecule has 6 nitrogen and oxygen atoms in total. The number of nitrogens with two attached hydrogens (primary N) is 1. The van der Waals surface area contributed by atoms with Crippen LogP contribution in [0.15, 0.2) is 18.2 Å². The van der Waals surface area contributed by atoms with Crippen LogP contribution in [0.3, 0.4) is 0 Å². The summed E-state index contributed by atoms with van der Waals surface area (Å²) in [5, 5.41) is 17.9. The largest absolute Gasteiger partial charge is 0.399 e. The highest BCUT2D eigenvalue weighted by atomic mass is 16.5. The van der Waals surface area contributed by atoms with Gasteiger partial charge in [-0.3, -0.25) is 4.90 Å². The molecule has 2 rings (SSSR count). The fraction of sp³-hybridized carbons (Fsp3) is 0.533. The summed E-state index contributed by atoms with van der Waals surface area (Å²) in [6, 6.07) is 7.70. The average molecular weight is 290 g/mol. The number of nitrogen functional groups attached to an aromatic ring is 1. The summed E-state index contributed by atoms with van der Waals surface area (Å²) in [5.41, 5.74) is 7.94. The predicted molar refractivity (Wildman–Crippen MR) is 82.1 cm³/mol. The molecule has 1 aromatic carbocycles. The predicted octanol–water partition coefficient (Wildman–Crippen LogP) is 0.271. The van der Waals surface area contributed by atoms with E-state index in [0.717, 1.165) is 38.4 Å². The summed E-state index contributed by atoms with van der Waals surface area (Å²) in [5.74, 6) is 0. The molecule has 0 aliphatic carbocycles. The molecule has 1 aliphatic rings. The molecule has 0 bridgehead atoms. The first-order valence-electron chi connectivity index (χ1n) is 7.20. The summed E-state index contributed by atoms with van der Waals surface area (Å²) in [6.07, 6.45) is 0. The Hall–Kier alpha value is -1.81. The summed E-state index contributed by atoms with van der Waals surface area (Å²) < 4.78 is 5.28. The van der Waals surface area contributed by atoms with Crippen molar-refractivity contribution in [2.75, 3.05) is 63.2 Å². The fourth-order valence-electron chi connectivity index (χ4n) is 2.49. The van der Waals surface area contributed by atoms with E-state index in [1.54, 1.807) is 6.07 Å². The SMILES string of the molecule is N#Cc1cc(N)ccc1N1CCN(CCOCCO)CC1. The van der Waals surface area contributed by atoms with Crippen molar-refractivity contribution in [2.45, 2.75) is 0 Å². The maximum Gasteiger partial charge on any atom is 0.101 e. The number of aliphatic hydroxyl groups is 1. The first-order valence-corrected chi connectivity index (χ1v) is 7.20. The third kappa shape index (κ3) is 4.33. The van der Waals surface area contributed by atoms with Gasteiger partial charge in [-0.2, -0.15) is 5.26 Å². The normalized spacial score (nSPS) is 15.9. The zero-order valence-corrected chi connectivity index (χ0v) is 12.2. The topological polar surface area (TPSA) is 85.8 Å². The van der Waals surface area contributed by atoms with Crippen molar-refractivity contribution < 1.29 is 9.84 Å². The second kappa shape index (κ2) is 7.84. The Morgan fingerprint density at radius 2 is 2.00 bits per heavy atom. The van der Waals surface area contributed by atoms with Gasteiger partial charge in [0.1, 0.15) is 6.07 Å². The van der Waals surface area contributed by atoms with E-state index in [2.05, 4.69) is 15.9 Å². The molecule has 0 atom stereocenters. The van der Waals surface area contributed by atoms with Crippen molar-refractivity contribution in [3.63, 3.8) is 0 Å². The molecule has 0 spiro atoms. The van der Waals surface area contributed by atoms with Gasteiger partial charge in [-0.25, -0.2) is 0 Å². The van der Waals surface area contributed by atoms with Gasteiger partial charge in [0.05, 0.1) is 31.1 Å². The third-order valence-electron chi connectivity index (χ3n) is 3.64. The highest BCUT2D eigenvalue weighted by Crippen LogP contribution is 2.23. The molecule has 0 amide bonds. The number of benzene rings is 1. The summed E-state index contributed by atoms with van der Waals surface area (Å²) >= 11 is 0. The molecule has 1 aliphatic heterocycles. The maximum atomic E-state index is 9.21. The van der Waals surface area contributed by atoms with Gasteiger partial charge < -0.3 is 20.5 Å². The van der Waals surface area contributed by atoms with Crippen LogP contribution in [0.5, 0.6) is 0 Å². The van der Waals surface area contributed by atoms with Gasteiger partial charge in [-0.05, 0) is 18.2 Å². The number of nitrogens with zero attached hydrogens (tertiary/aromatic N) is 3. The minimum Gasteiger partial charge on any atom is -0.399 e. The first-order chi connectivity index (χ1) is 10.2. The molecule has 6 heteroatoms. The van der Waals surface area contributed by atoms with Crippen LogP contribution < -0.4 is 10.6 Å². The molecule has 1 saturated heterocycles. The summed E-state index contributed by atoms with van der Waals surface area (Å²) in [7, 11) is 0. The number of nitriles is 1. The molecule has 0 radical (unpaired) electrons. The molecular formula is C15H22N4O2. The Bertz CT molecular complexity index is 493. The number of ether oxygens (including phenoxy) is 1. The van der Waals surface area contributed by atoms with E-state index in [1.807, 2.05) is 12.1 Å². The van der Waals surface area contributed by atoms with Gasteiger partial charge in [-0.15, -0.1) is 0 Å². The monoisotopic (exact) mass is 290 g/mol. The Labute approximate surface area is 125 Å². The standard InChI is InChI=1S/C15H22N4O2/c16-12-13-11-14(17)1-2-15(13)19-5-3-18(4-6-19)7-9-21-10-8-20/h1-2,11,20H,3-10,17H2. The van der Waals surface area contributed by atoms with E-state index in [0.29, 0.717) is 24.5 Å². The van der Waals surface area contributed by atoms with Gasteiger partial charge in [0.2, 0.25) is 0 Å². The van der Waals surface area contributed by atoms with Gasteiger partial charge >= 0.3 is 0 Å². The Kier molecular flexibility index (Phi) is 5.81. The Morgan fingerprint density at radius 3 is 2.67 bits per heavy atom. The second-order valence-electron chi connectivity index (χ2n) is 5.05. The lowest BCUT2D eigenvalue weighted by atomic mass is 10.1. The van der Waals surface area contributed by atoms with Crippen LogP contribution in [-0.2, 0) is 4.74 Å². The minimum absolute atomic E-state index is 0.0713. The van der Waals surface area contributed by atoms with Crippen molar-refractivity contribution in [3.8, 4) is 6.07 Å². The first kappa shape index (κ1) is 15.6. The molecule has 0 unspecified atom stereocenters. The van der Waals surface area contributed by atoms with Gasteiger partial charge in [0.15, 0.2) is 0 Å². The van der Waals surface area contributed by atoms with Gasteiger partial charge in [0, 0.05) is 38.4 Å². The van der Waals surface area contributed by atoms with Crippen LogP contribution in [0.2, 0.25) is 0 Å². The molecule has 1 fully saturated rings. The number of hydrogen-bond acceptors (Lipinski definition) is 6. The molecule has 1 aromatic rings. The van der Waals surface area contributed by atoms with E-state index >= 15 is 0 Å². The minimum atomic E-state index is 0.0713. The molecule has 21 heavy (non-hydrogen) atoms. The Morgan fingerprint density at radius 1 is 1.24 bits per heavy atom. The number of hydrogen-bond donors (Lipinski definition) is 2. The quantitative estimate of drug-likeness (QED) is 0.578. The van der Waals surface area contributed by atoms with Crippen molar-refractivity contribution in [1.82, 2.24) is 4.90 Å². The number of rotatable bonds is 6. The van der Waals surface area contributed by atoms with Crippen LogP contribution in [0, 0.1) is 11.3 Å². The average Bonchev–Trinajstić information content (AvgIpc) is 2.52. The van der Waals surface area contributed by atoms with Crippen molar-refractivity contribution in [2.24, 2.45) is 0 Å². The molecular weight excluding hydrogens is 268 g/mol. The van der Waals surface area contributed by atoms with Crippen LogP contribution in [0.1, 0.15) is 5.56 Å². The second-order valence-corrected chi connectivity index (χ2v) is 5.05. The van der Waals surface area contributed by atoms with Gasteiger partial charge in [-0.1, -0.05) is 0 Å². The molecule has 114 valence electrons. The van der Waals surface area contributed by atoms with Crippen LogP contribution in [0.25, 0.3) is 0 Å². The lowest BCUT2D eigenvalue weighted by Gasteiger charge is -2.36. The zero-order chi connectivity index (χ0) is 15.1. The molecule has 0 aromatic heterocycles. The number of piperazine rings is 1. The van der Waals surface area contributed by atoms with E-state index in [9.17, 15) is 5.26 Å². The van der Waals surface area contributed by atoms with Gasteiger partial charge in [0.25, 0.3) is 0 Å². The maximum absolute atomic E-state index is 9.21. The smallest absolute Gasteiger partial charge is 0.101 e. The van der Waals surface area contributed by atoms with Crippen molar-refractivity contribution in [1.29, 1.82) is 5.26 Å². The van der Waals surface area contributed by atoms with E-state index in [-0.39, 0.29) is 6.61 Å². The van der Waals surface area contributed by atoms with Crippen molar-refractivity contribution >= 4 is 11.4 Å². The molecule has 1 heterocycles. The number of aliphatic hydroxyl groups excluding tert-OH is 1. The lowest BCUT2D eigenvalue weighted by molar-refractivity contribution is 0.0724. The van der Waals surface area contributed by atoms with Crippen molar-refractivity contribution in [3.05, 3.63) is 23.8 Å². The molecule has 3 N–H and O–H groups in total. The highest BCUT2D eigenvalue weighted by Gasteiger charge is 2.19. The fourth-order valence-corrected chi connectivity index (χ4v) is 2.49. The summed E-state index contributed by atoms with van der Waals surface area (Å²) in [4.78, 5) is 4.56. The molecule has 0 saturated carbocycles. The third-order valence-corrected chi connectivity index (χ3v) is 3.64. The van der Waals surface area contributed by atoms with E-state index in [1.165, 1.54) is 0 Å². The lowest BCUT2D eigenvalue weighted by Crippen LogP contribution is -2.47. The number of anilines is 2. The van der Waals surface area contributed by atoms with Crippen LogP contribution >= 0.6 is 0 Å². The highest BCUT2D eigenvalue weighted by molar-refractivity contribution is 5.64. The Balaban J connectivity index is 1.85. The van der Waals surface area contributed by atoms with E-state index in [4.69, 9.17) is 15.6 Å². The summed E-state index contributed by atoms with van der Waals surface area (Å²) in [6.45, 7) is 5.65.